The quantitative estimate of drug-likeness (QED) is 0.702. The van der Waals surface area contributed by atoms with Gasteiger partial charge in [-0.15, -0.1) is 0 Å². The van der Waals surface area contributed by atoms with Crippen LogP contribution >= 0.6 is 11.8 Å². The topological polar surface area (TPSA) is 15.3 Å². The van der Waals surface area contributed by atoms with Gasteiger partial charge in [0.05, 0.1) is 0 Å². The predicted molar refractivity (Wildman–Crippen MR) is 97.1 cm³/mol. The zero-order valence-corrected chi connectivity index (χ0v) is 15.1. The highest BCUT2D eigenvalue weighted by molar-refractivity contribution is 7.98. The van der Waals surface area contributed by atoms with Crippen molar-refractivity contribution in [2.75, 3.05) is 32.1 Å². The van der Waals surface area contributed by atoms with Crippen LogP contribution in [0.2, 0.25) is 0 Å². The summed E-state index contributed by atoms with van der Waals surface area (Å²) in [6.07, 6.45) is 3.45. The Hall–Kier alpha value is -0.510. The third-order valence-corrected chi connectivity index (χ3v) is 4.86. The van der Waals surface area contributed by atoms with Gasteiger partial charge in [-0.1, -0.05) is 44.2 Å². The first-order valence-corrected chi connectivity index (χ1v) is 9.47. The van der Waals surface area contributed by atoms with Crippen molar-refractivity contribution in [3.63, 3.8) is 0 Å². The fourth-order valence-corrected chi connectivity index (χ4v) is 3.35. The minimum atomic E-state index is 0.436. The Bertz CT molecular complexity index is 369. The summed E-state index contributed by atoms with van der Waals surface area (Å²) < 4.78 is 0. The third kappa shape index (κ3) is 6.41. The van der Waals surface area contributed by atoms with Gasteiger partial charge in [0.1, 0.15) is 0 Å². The first-order chi connectivity index (χ1) is 10.1. The Labute approximate surface area is 135 Å². The summed E-state index contributed by atoms with van der Waals surface area (Å²) in [5, 5.41) is 3.66. The van der Waals surface area contributed by atoms with E-state index < -0.39 is 0 Å². The lowest BCUT2D eigenvalue weighted by molar-refractivity contribution is 0.198. The van der Waals surface area contributed by atoms with Gasteiger partial charge in [0.25, 0.3) is 0 Å². The normalized spacial score (nSPS) is 15.9. The molecule has 0 aromatic heterocycles. The molecule has 120 valence electrons. The minimum Gasteiger partial charge on any atom is -0.310 e. The van der Waals surface area contributed by atoms with E-state index in [2.05, 4.69) is 74.6 Å². The molecule has 3 heteroatoms. The Morgan fingerprint density at radius 1 is 1.19 bits per heavy atom. The largest absolute Gasteiger partial charge is 0.310 e. The standard InChI is InChI=1S/C18H32N2S/c1-6-19-18(17-10-8-7-9-11-17)15(2)14-20(4)16(3)12-13-21-5/h7-11,15-16,18-19H,6,12-14H2,1-5H3. The SMILES string of the molecule is CCNC(c1ccccc1)C(C)CN(C)C(C)CCSC. The molecule has 0 radical (unpaired) electrons. The van der Waals surface area contributed by atoms with Crippen molar-refractivity contribution in [3.05, 3.63) is 35.9 Å². The maximum absolute atomic E-state index is 3.66. The van der Waals surface area contributed by atoms with Gasteiger partial charge in [-0.2, -0.15) is 11.8 Å². The molecular weight excluding hydrogens is 276 g/mol. The first-order valence-electron chi connectivity index (χ1n) is 8.07. The van der Waals surface area contributed by atoms with E-state index in [0.29, 0.717) is 18.0 Å². The molecule has 1 aromatic rings. The van der Waals surface area contributed by atoms with E-state index in [-0.39, 0.29) is 0 Å². The Balaban J connectivity index is 2.62. The lowest BCUT2D eigenvalue weighted by atomic mass is 9.93. The van der Waals surface area contributed by atoms with Crippen LogP contribution in [0.1, 0.15) is 38.8 Å². The van der Waals surface area contributed by atoms with Gasteiger partial charge in [-0.25, -0.2) is 0 Å². The van der Waals surface area contributed by atoms with Gasteiger partial charge in [-0.05, 0) is 50.4 Å². The third-order valence-electron chi connectivity index (χ3n) is 4.22. The molecule has 3 atom stereocenters. The van der Waals surface area contributed by atoms with E-state index in [1.807, 2.05) is 11.8 Å². The molecule has 21 heavy (non-hydrogen) atoms. The van der Waals surface area contributed by atoms with Gasteiger partial charge in [0, 0.05) is 18.6 Å². The van der Waals surface area contributed by atoms with E-state index in [1.54, 1.807) is 0 Å². The Kier molecular flexibility index (Phi) is 9.05. The maximum Gasteiger partial charge on any atom is 0.0358 e. The molecule has 0 aliphatic rings. The molecule has 0 heterocycles. The highest BCUT2D eigenvalue weighted by Gasteiger charge is 2.21. The van der Waals surface area contributed by atoms with Crippen molar-refractivity contribution >= 4 is 11.8 Å². The summed E-state index contributed by atoms with van der Waals surface area (Å²) in [7, 11) is 2.26. The number of benzene rings is 1. The fraction of sp³-hybridized carbons (Fsp3) is 0.667. The van der Waals surface area contributed by atoms with Crippen LogP contribution in [-0.4, -0.2) is 43.1 Å². The van der Waals surface area contributed by atoms with Gasteiger partial charge in [0.15, 0.2) is 0 Å². The Morgan fingerprint density at radius 3 is 2.43 bits per heavy atom. The highest BCUT2D eigenvalue weighted by atomic mass is 32.2. The molecule has 1 N–H and O–H groups in total. The molecule has 0 aliphatic heterocycles. The molecular formula is C18H32N2S. The summed E-state index contributed by atoms with van der Waals surface area (Å²) >= 11 is 1.94. The molecule has 1 aromatic carbocycles. The van der Waals surface area contributed by atoms with Crippen LogP contribution in [-0.2, 0) is 0 Å². The molecule has 2 nitrogen and oxygen atoms in total. The fourth-order valence-electron chi connectivity index (χ4n) is 2.78. The summed E-state index contributed by atoms with van der Waals surface area (Å²) in [5.41, 5.74) is 1.40. The molecule has 3 unspecified atom stereocenters. The van der Waals surface area contributed by atoms with E-state index in [4.69, 9.17) is 0 Å². The van der Waals surface area contributed by atoms with E-state index in [9.17, 15) is 0 Å². The lowest BCUT2D eigenvalue weighted by Crippen LogP contribution is -2.38. The zero-order chi connectivity index (χ0) is 15.7. The van der Waals surface area contributed by atoms with Crippen LogP contribution in [0.25, 0.3) is 0 Å². The van der Waals surface area contributed by atoms with Crippen LogP contribution < -0.4 is 5.32 Å². The molecule has 0 aliphatic carbocycles. The first kappa shape index (κ1) is 18.5. The number of hydrogen-bond donors (Lipinski definition) is 1. The van der Waals surface area contributed by atoms with Crippen LogP contribution in [0.3, 0.4) is 0 Å². The van der Waals surface area contributed by atoms with Crippen LogP contribution in [0.15, 0.2) is 30.3 Å². The number of hydrogen-bond acceptors (Lipinski definition) is 3. The van der Waals surface area contributed by atoms with Gasteiger partial charge in [0.2, 0.25) is 0 Å². The molecule has 0 amide bonds. The van der Waals surface area contributed by atoms with Crippen molar-refractivity contribution in [2.24, 2.45) is 5.92 Å². The average Bonchev–Trinajstić information content (AvgIpc) is 2.50. The summed E-state index contributed by atoms with van der Waals surface area (Å²) in [6, 6.07) is 11.9. The smallest absolute Gasteiger partial charge is 0.0358 e. The Morgan fingerprint density at radius 2 is 1.86 bits per heavy atom. The zero-order valence-electron chi connectivity index (χ0n) is 14.3. The monoisotopic (exact) mass is 308 g/mol. The van der Waals surface area contributed by atoms with Gasteiger partial charge < -0.3 is 10.2 Å². The van der Waals surface area contributed by atoms with E-state index in [0.717, 1.165) is 13.1 Å². The number of nitrogens with one attached hydrogen (secondary N) is 1. The van der Waals surface area contributed by atoms with E-state index >= 15 is 0 Å². The second-order valence-electron chi connectivity index (χ2n) is 5.99. The molecule has 0 saturated carbocycles. The van der Waals surface area contributed by atoms with Crippen molar-refractivity contribution in [1.29, 1.82) is 0 Å². The van der Waals surface area contributed by atoms with Gasteiger partial charge >= 0.3 is 0 Å². The molecule has 0 spiro atoms. The molecule has 1 rings (SSSR count). The number of nitrogens with zero attached hydrogens (tertiary/aromatic N) is 1. The predicted octanol–water partition coefficient (Wildman–Crippen LogP) is 4.05. The minimum absolute atomic E-state index is 0.436. The van der Waals surface area contributed by atoms with Gasteiger partial charge in [-0.3, -0.25) is 0 Å². The molecule has 0 fully saturated rings. The second kappa shape index (κ2) is 10.3. The summed E-state index contributed by atoms with van der Waals surface area (Å²) in [4.78, 5) is 2.51. The van der Waals surface area contributed by atoms with E-state index in [1.165, 1.54) is 17.7 Å². The highest BCUT2D eigenvalue weighted by Crippen LogP contribution is 2.23. The number of rotatable bonds is 10. The van der Waals surface area contributed by atoms with Crippen LogP contribution in [0, 0.1) is 5.92 Å². The number of thioether (sulfide) groups is 1. The van der Waals surface area contributed by atoms with Crippen molar-refractivity contribution in [1.82, 2.24) is 10.2 Å². The summed E-state index contributed by atoms with van der Waals surface area (Å²) in [5.74, 6) is 1.84. The maximum atomic E-state index is 3.66. The van der Waals surface area contributed by atoms with Crippen LogP contribution in [0.5, 0.6) is 0 Å². The molecule has 0 saturated heterocycles. The molecule has 0 bridgehead atoms. The second-order valence-corrected chi connectivity index (χ2v) is 6.98. The van der Waals surface area contributed by atoms with Crippen molar-refractivity contribution in [2.45, 2.75) is 39.3 Å². The van der Waals surface area contributed by atoms with Crippen molar-refractivity contribution < 1.29 is 0 Å². The average molecular weight is 309 g/mol. The van der Waals surface area contributed by atoms with Crippen LogP contribution in [0.4, 0.5) is 0 Å². The summed E-state index contributed by atoms with van der Waals surface area (Å²) in [6.45, 7) is 9.02. The van der Waals surface area contributed by atoms with Crippen molar-refractivity contribution in [3.8, 4) is 0 Å². The lowest BCUT2D eigenvalue weighted by Gasteiger charge is -2.32.